The topological polar surface area (TPSA) is 38.7 Å². The number of rotatable bonds is 16. The Kier molecular flexibility index (Phi) is 13.9. The van der Waals surface area contributed by atoms with Crippen molar-refractivity contribution in [1.82, 2.24) is 0 Å². The SMILES string of the molecule is CCCCCCCCOP(O)Oc1ccc(CCCC)cc1CCCC. The highest BCUT2D eigenvalue weighted by molar-refractivity contribution is 7.41. The molecule has 0 aromatic heterocycles. The van der Waals surface area contributed by atoms with Gasteiger partial charge in [0.1, 0.15) is 5.75 Å². The molecule has 1 atom stereocenters. The Balaban J connectivity index is 2.44. The van der Waals surface area contributed by atoms with Crippen LogP contribution in [-0.2, 0) is 17.4 Å². The molecule has 1 aromatic carbocycles. The molecule has 0 heterocycles. The van der Waals surface area contributed by atoms with Crippen molar-refractivity contribution in [2.45, 2.75) is 97.8 Å². The van der Waals surface area contributed by atoms with E-state index in [-0.39, 0.29) is 0 Å². The van der Waals surface area contributed by atoms with Gasteiger partial charge in [0.2, 0.25) is 0 Å². The van der Waals surface area contributed by atoms with Gasteiger partial charge in [0.25, 0.3) is 0 Å². The third kappa shape index (κ3) is 10.5. The zero-order valence-corrected chi connectivity index (χ0v) is 18.0. The monoisotopic (exact) mass is 382 g/mol. The average molecular weight is 383 g/mol. The Morgan fingerprint density at radius 3 is 2.19 bits per heavy atom. The molecule has 150 valence electrons. The fourth-order valence-electron chi connectivity index (χ4n) is 2.96. The summed E-state index contributed by atoms with van der Waals surface area (Å²) in [6.07, 6.45) is 14.1. The van der Waals surface area contributed by atoms with Gasteiger partial charge in [-0.25, -0.2) is 0 Å². The van der Waals surface area contributed by atoms with Crippen molar-refractivity contribution in [3.63, 3.8) is 0 Å². The molecule has 1 aromatic rings. The van der Waals surface area contributed by atoms with E-state index in [1.165, 1.54) is 49.7 Å². The molecule has 1 rings (SSSR count). The Bertz CT molecular complexity index is 465. The molecule has 4 heteroatoms. The zero-order chi connectivity index (χ0) is 19.0. The summed E-state index contributed by atoms with van der Waals surface area (Å²) in [6, 6.07) is 6.38. The molecule has 0 fully saturated rings. The van der Waals surface area contributed by atoms with Crippen LogP contribution in [0.25, 0.3) is 0 Å². The maximum absolute atomic E-state index is 10.1. The molecule has 0 bridgehead atoms. The molecule has 0 aliphatic carbocycles. The largest absolute Gasteiger partial charge is 0.427 e. The van der Waals surface area contributed by atoms with Crippen LogP contribution in [0.3, 0.4) is 0 Å². The van der Waals surface area contributed by atoms with Gasteiger partial charge in [0, 0.05) is 0 Å². The van der Waals surface area contributed by atoms with Crippen molar-refractivity contribution in [3.05, 3.63) is 29.3 Å². The summed E-state index contributed by atoms with van der Waals surface area (Å²) >= 11 is 0. The van der Waals surface area contributed by atoms with Gasteiger partial charge in [-0.3, -0.25) is 0 Å². The number of aryl methyl sites for hydroxylation is 2. The van der Waals surface area contributed by atoms with Crippen LogP contribution in [0.1, 0.15) is 96.1 Å². The minimum atomic E-state index is -1.84. The second-order valence-electron chi connectivity index (χ2n) is 7.08. The van der Waals surface area contributed by atoms with Crippen LogP contribution >= 0.6 is 8.60 Å². The lowest BCUT2D eigenvalue weighted by Gasteiger charge is -2.16. The maximum atomic E-state index is 10.1. The number of benzene rings is 1. The summed E-state index contributed by atoms with van der Waals surface area (Å²) in [7, 11) is -1.84. The molecule has 0 amide bonds. The Labute approximate surface area is 162 Å². The quantitative estimate of drug-likeness (QED) is 0.240. The number of hydrogen-bond donors (Lipinski definition) is 1. The smallest absolute Gasteiger partial charge is 0.394 e. The molecule has 1 unspecified atom stereocenters. The zero-order valence-electron chi connectivity index (χ0n) is 17.1. The van der Waals surface area contributed by atoms with Gasteiger partial charge in [-0.1, -0.05) is 77.8 Å². The van der Waals surface area contributed by atoms with E-state index in [2.05, 4.69) is 32.9 Å². The summed E-state index contributed by atoms with van der Waals surface area (Å²) in [4.78, 5) is 10.1. The highest BCUT2D eigenvalue weighted by Crippen LogP contribution is 2.37. The van der Waals surface area contributed by atoms with Gasteiger partial charge < -0.3 is 13.9 Å². The van der Waals surface area contributed by atoms with Crippen LogP contribution in [0.15, 0.2) is 18.2 Å². The minimum Gasteiger partial charge on any atom is -0.427 e. The first kappa shape index (κ1) is 23.4. The summed E-state index contributed by atoms with van der Waals surface area (Å²) < 4.78 is 11.3. The predicted molar refractivity (Wildman–Crippen MR) is 113 cm³/mol. The van der Waals surface area contributed by atoms with Gasteiger partial charge in [-0.15, -0.1) is 0 Å². The van der Waals surface area contributed by atoms with Crippen LogP contribution in [0.5, 0.6) is 5.75 Å². The Morgan fingerprint density at radius 2 is 1.46 bits per heavy atom. The second-order valence-corrected chi connectivity index (χ2v) is 8.00. The second kappa shape index (κ2) is 15.4. The van der Waals surface area contributed by atoms with Crippen molar-refractivity contribution in [3.8, 4) is 5.75 Å². The summed E-state index contributed by atoms with van der Waals surface area (Å²) in [5, 5.41) is 0. The van der Waals surface area contributed by atoms with Crippen LogP contribution in [0, 0.1) is 0 Å². The molecular weight excluding hydrogens is 343 g/mol. The van der Waals surface area contributed by atoms with Crippen LogP contribution in [0.2, 0.25) is 0 Å². The van der Waals surface area contributed by atoms with Crippen molar-refractivity contribution >= 4 is 8.60 Å². The highest BCUT2D eigenvalue weighted by Gasteiger charge is 2.13. The fraction of sp³-hybridized carbons (Fsp3) is 0.727. The molecule has 0 aliphatic heterocycles. The molecule has 0 aliphatic rings. The normalized spacial score (nSPS) is 12.3. The standard InChI is InChI=1S/C22H39O3P/c1-4-7-10-11-12-13-18-24-26(23)25-22-17-16-20(14-8-5-2)19-21(22)15-9-6-3/h16-17,19,23H,4-15,18H2,1-3H3. The third-order valence-electron chi connectivity index (χ3n) is 4.62. The molecule has 1 N–H and O–H groups in total. The van der Waals surface area contributed by atoms with Gasteiger partial charge >= 0.3 is 8.60 Å². The van der Waals surface area contributed by atoms with E-state index >= 15 is 0 Å². The fourth-order valence-corrected chi connectivity index (χ4v) is 3.64. The molecular formula is C22H39O3P. The molecule has 0 spiro atoms. The molecule has 26 heavy (non-hydrogen) atoms. The maximum Gasteiger partial charge on any atom is 0.394 e. The first-order valence-corrected chi connectivity index (χ1v) is 11.8. The van der Waals surface area contributed by atoms with E-state index in [9.17, 15) is 4.89 Å². The lowest BCUT2D eigenvalue weighted by molar-refractivity contribution is 0.253. The number of hydrogen-bond acceptors (Lipinski definition) is 3. The first-order valence-electron chi connectivity index (χ1n) is 10.6. The van der Waals surface area contributed by atoms with Gasteiger partial charge in [0.05, 0.1) is 6.61 Å². The van der Waals surface area contributed by atoms with E-state index in [1.54, 1.807) is 0 Å². The highest BCUT2D eigenvalue weighted by atomic mass is 31.2. The molecule has 3 nitrogen and oxygen atoms in total. The van der Waals surface area contributed by atoms with E-state index < -0.39 is 8.60 Å². The molecule has 0 radical (unpaired) electrons. The molecule has 0 saturated heterocycles. The minimum absolute atomic E-state index is 0.577. The van der Waals surface area contributed by atoms with E-state index in [0.717, 1.165) is 44.3 Å². The van der Waals surface area contributed by atoms with Crippen molar-refractivity contribution in [2.75, 3.05) is 6.61 Å². The lowest BCUT2D eigenvalue weighted by atomic mass is 10.0. The summed E-state index contributed by atoms with van der Waals surface area (Å²) in [5.41, 5.74) is 2.56. The Morgan fingerprint density at radius 1 is 0.808 bits per heavy atom. The van der Waals surface area contributed by atoms with Gasteiger partial charge in [0.15, 0.2) is 0 Å². The van der Waals surface area contributed by atoms with Crippen molar-refractivity contribution < 1.29 is 13.9 Å². The van der Waals surface area contributed by atoms with Gasteiger partial charge in [-0.2, -0.15) is 0 Å². The van der Waals surface area contributed by atoms with Crippen molar-refractivity contribution in [2.24, 2.45) is 0 Å². The van der Waals surface area contributed by atoms with Crippen molar-refractivity contribution in [1.29, 1.82) is 0 Å². The average Bonchev–Trinajstić information content (AvgIpc) is 2.65. The third-order valence-corrected chi connectivity index (χ3v) is 5.38. The number of unbranched alkanes of at least 4 members (excludes halogenated alkanes) is 7. The first-order chi connectivity index (χ1) is 12.7. The van der Waals surface area contributed by atoms with E-state index in [1.807, 2.05) is 6.07 Å². The van der Waals surface area contributed by atoms with E-state index in [0.29, 0.717) is 6.61 Å². The van der Waals surface area contributed by atoms with Crippen LogP contribution in [-0.4, -0.2) is 11.5 Å². The summed E-state index contributed by atoms with van der Waals surface area (Å²) in [5.74, 6) is 0.787. The molecule has 0 saturated carbocycles. The predicted octanol–water partition coefficient (Wildman–Crippen LogP) is 7.35. The van der Waals surface area contributed by atoms with Crippen LogP contribution in [0.4, 0.5) is 0 Å². The Hall–Kier alpha value is -0.630. The lowest BCUT2D eigenvalue weighted by Crippen LogP contribution is -1.99. The summed E-state index contributed by atoms with van der Waals surface area (Å²) in [6.45, 7) is 7.22. The van der Waals surface area contributed by atoms with Crippen LogP contribution < -0.4 is 4.52 Å². The van der Waals surface area contributed by atoms with Gasteiger partial charge in [-0.05, 0) is 49.3 Å². The van der Waals surface area contributed by atoms with E-state index in [4.69, 9.17) is 9.05 Å².